The number of aliphatic hydroxyl groups is 1. The topological polar surface area (TPSA) is 86.5 Å². The second-order valence-corrected chi connectivity index (χ2v) is 4.07. The molecule has 0 fully saturated rings. The number of aromatic nitrogens is 2. The van der Waals surface area contributed by atoms with Crippen molar-refractivity contribution in [1.29, 1.82) is 0 Å². The zero-order chi connectivity index (χ0) is 12.4. The molecule has 1 heterocycles. The highest BCUT2D eigenvalue weighted by molar-refractivity contribution is 6.31. The fraction of sp³-hybridized carbons (Fsp3) is 0.273. The van der Waals surface area contributed by atoms with Crippen molar-refractivity contribution in [3.8, 4) is 11.8 Å². The Morgan fingerprint density at radius 2 is 1.82 bits per heavy atom. The summed E-state index contributed by atoms with van der Waals surface area (Å²) < 4.78 is 0. The average Bonchev–Trinajstić information content (AvgIpc) is 2.28. The van der Waals surface area contributed by atoms with Crippen LogP contribution in [0, 0.1) is 0 Å². The van der Waals surface area contributed by atoms with Gasteiger partial charge >= 0.3 is 0 Å². The van der Waals surface area contributed by atoms with Gasteiger partial charge in [0.2, 0.25) is 0 Å². The first-order chi connectivity index (χ1) is 8.11. The first-order valence-electron chi connectivity index (χ1n) is 5.11. The maximum absolute atomic E-state index is 9.33. The van der Waals surface area contributed by atoms with Crippen LogP contribution in [0.3, 0.4) is 0 Å². The van der Waals surface area contributed by atoms with Crippen LogP contribution in [0.1, 0.15) is 12.0 Å². The minimum Gasteiger partial charge on any atom is -0.489 e. The molecule has 17 heavy (non-hydrogen) atoms. The van der Waals surface area contributed by atoms with Crippen LogP contribution in [-0.2, 0) is 6.42 Å². The van der Waals surface area contributed by atoms with Crippen molar-refractivity contribution in [3.05, 3.63) is 22.7 Å². The highest BCUT2D eigenvalue weighted by Gasteiger charge is 2.10. The molecule has 90 valence electrons. The molecule has 0 unspecified atom stereocenters. The molecule has 2 aromatic rings. The minimum absolute atomic E-state index is 0.0610. The Labute approximate surface area is 102 Å². The standard InChI is InChI=1S/C11H11ClN2O3/c12-7-4-6(2-1-3-15)9-8(5-7)13-10(16)11(17)14-9/h4-5,15H,1-3H2,(H,13,16)(H,14,17). The van der Waals surface area contributed by atoms with Crippen molar-refractivity contribution in [3.63, 3.8) is 0 Å². The predicted molar refractivity (Wildman–Crippen MR) is 63.3 cm³/mol. The van der Waals surface area contributed by atoms with Crippen molar-refractivity contribution in [2.24, 2.45) is 0 Å². The SMILES string of the molecule is OCCCc1cc(Cl)cc2nc(O)c(O)nc12. The first-order valence-corrected chi connectivity index (χ1v) is 5.48. The van der Waals surface area contributed by atoms with Crippen molar-refractivity contribution in [1.82, 2.24) is 9.97 Å². The minimum atomic E-state index is -0.520. The quantitative estimate of drug-likeness (QED) is 0.775. The summed E-state index contributed by atoms with van der Waals surface area (Å²) in [6, 6.07) is 3.27. The predicted octanol–water partition coefficient (Wildman–Crippen LogP) is 1.62. The second kappa shape index (κ2) is 4.73. The number of halogens is 1. The van der Waals surface area contributed by atoms with Crippen molar-refractivity contribution in [2.75, 3.05) is 6.61 Å². The summed E-state index contributed by atoms with van der Waals surface area (Å²) in [6.45, 7) is 0.0610. The number of aliphatic hydroxyl groups excluding tert-OH is 1. The number of hydrogen-bond acceptors (Lipinski definition) is 5. The second-order valence-electron chi connectivity index (χ2n) is 3.63. The van der Waals surface area contributed by atoms with Gasteiger partial charge in [0.05, 0.1) is 11.0 Å². The molecule has 2 rings (SSSR count). The lowest BCUT2D eigenvalue weighted by Crippen LogP contribution is -1.95. The van der Waals surface area contributed by atoms with Crippen molar-refractivity contribution < 1.29 is 15.3 Å². The molecule has 0 amide bonds. The summed E-state index contributed by atoms with van der Waals surface area (Å²) in [7, 11) is 0. The van der Waals surface area contributed by atoms with Gasteiger partial charge in [-0.25, -0.2) is 9.97 Å². The lowest BCUT2D eigenvalue weighted by Gasteiger charge is -2.06. The number of rotatable bonds is 3. The van der Waals surface area contributed by atoms with Crippen LogP contribution in [0.4, 0.5) is 0 Å². The molecule has 6 heteroatoms. The van der Waals surface area contributed by atoms with E-state index in [1.807, 2.05) is 0 Å². The Morgan fingerprint density at radius 1 is 1.12 bits per heavy atom. The molecule has 1 aromatic carbocycles. The van der Waals surface area contributed by atoms with E-state index in [0.29, 0.717) is 28.9 Å². The fourth-order valence-electron chi connectivity index (χ4n) is 1.63. The van der Waals surface area contributed by atoms with Crippen LogP contribution in [0.25, 0.3) is 11.0 Å². The van der Waals surface area contributed by atoms with Gasteiger partial charge in [-0.05, 0) is 30.5 Å². The largest absolute Gasteiger partial charge is 0.489 e. The smallest absolute Gasteiger partial charge is 0.276 e. The number of hydrogen-bond donors (Lipinski definition) is 3. The summed E-state index contributed by atoms with van der Waals surface area (Å²) in [5.41, 5.74) is 1.68. The van der Waals surface area contributed by atoms with Crippen molar-refractivity contribution >= 4 is 22.6 Å². The van der Waals surface area contributed by atoms with Crippen LogP contribution in [0.5, 0.6) is 11.8 Å². The van der Waals surface area contributed by atoms with E-state index in [1.54, 1.807) is 12.1 Å². The number of aryl methyl sites for hydroxylation is 1. The van der Waals surface area contributed by atoms with Gasteiger partial charge in [-0.15, -0.1) is 0 Å². The highest BCUT2D eigenvalue weighted by atomic mass is 35.5. The van der Waals surface area contributed by atoms with Gasteiger partial charge in [-0.1, -0.05) is 11.6 Å². The molecule has 0 aliphatic rings. The summed E-state index contributed by atoms with van der Waals surface area (Å²) in [5, 5.41) is 27.9. The first kappa shape index (κ1) is 11.9. The molecular formula is C11H11ClN2O3. The van der Waals surface area contributed by atoms with E-state index in [-0.39, 0.29) is 6.61 Å². The molecule has 0 radical (unpaired) electrons. The average molecular weight is 255 g/mol. The van der Waals surface area contributed by atoms with Crippen LogP contribution in [-0.4, -0.2) is 31.9 Å². The molecular weight excluding hydrogens is 244 g/mol. The maximum atomic E-state index is 9.33. The molecule has 0 bridgehead atoms. The van der Waals surface area contributed by atoms with Crippen LogP contribution < -0.4 is 0 Å². The van der Waals surface area contributed by atoms with Gasteiger partial charge in [0.15, 0.2) is 0 Å². The fourth-order valence-corrected chi connectivity index (χ4v) is 1.87. The van der Waals surface area contributed by atoms with Crippen molar-refractivity contribution in [2.45, 2.75) is 12.8 Å². The van der Waals surface area contributed by atoms with Gasteiger partial charge in [0.1, 0.15) is 0 Å². The van der Waals surface area contributed by atoms with E-state index in [4.69, 9.17) is 16.7 Å². The molecule has 0 aliphatic carbocycles. The van der Waals surface area contributed by atoms with Crippen LogP contribution >= 0.6 is 11.6 Å². The van der Waals surface area contributed by atoms with Gasteiger partial charge < -0.3 is 15.3 Å². The van der Waals surface area contributed by atoms with E-state index in [9.17, 15) is 10.2 Å². The Kier molecular flexibility index (Phi) is 3.31. The Hall–Kier alpha value is -1.59. The third-order valence-electron chi connectivity index (χ3n) is 2.38. The van der Waals surface area contributed by atoms with E-state index in [0.717, 1.165) is 5.56 Å². The molecule has 1 aromatic heterocycles. The lowest BCUT2D eigenvalue weighted by molar-refractivity contribution is 0.288. The molecule has 0 saturated carbocycles. The molecule has 3 N–H and O–H groups in total. The number of benzene rings is 1. The Bertz CT molecular complexity index is 560. The van der Waals surface area contributed by atoms with E-state index in [1.165, 1.54) is 0 Å². The monoisotopic (exact) mass is 254 g/mol. The molecule has 0 atom stereocenters. The normalized spacial score (nSPS) is 10.9. The summed E-state index contributed by atoms with van der Waals surface area (Å²) in [5.74, 6) is -1.03. The zero-order valence-electron chi connectivity index (χ0n) is 8.89. The molecule has 5 nitrogen and oxygen atoms in total. The summed E-state index contributed by atoms with van der Waals surface area (Å²) >= 11 is 5.92. The third-order valence-corrected chi connectivity index (χ3v) is 2.60. The van der Waals surface area contributed by atoms with Gasteiger partial charge in [0, 0.05) is 11.6 Å². The Morgan fingerprint density at radius 3 is 2.53 bits per heavy atom. The Balaban J connectivity index is 2.61. The number of nitrogens with zero attached hydrogens (tertiary/aromatic N) is 2. The van der Waals surface area contributed by atoms with Crippen LogP contribution in [0.2, 0.25) is 5.02 Å². The number of fused-ring (bicyclic) bond motifs is 1. The summed E-state index contributed by atoms with van der Waals surface area (Å²) in [6.07, 6.45) is 1.14. The van der Waals surface area contributed by atoms with Gasteiger partial charge in [0.25, 0.3) is 11.8 Å². The van der Waals surface area contributed by atoms with E-state index < -0.39 is 11.8 Å². The van der Waals surface area contributed by atoms with E-state index >= 15 is 0 Å². The molecule has 0 spiro atoms. The highest BCUT2D eigenvalue weighted by Crippen LogP contribution is 2.28. The maximum Gasteiger partial charge on any atom is 0.276 e. The number of aromatic hydroxyl groups is 2. The van der Waals surface area contributed by atoms with Crippen LogP contribution in [0.15, 0.2) is 12.1 Å². The van der Waals surface area contributed by atoms with Gasteiger partial charge in [-0.3, -0.25) is 0 Å². The van der Waals surface area contributed by atoms with Gasteiger partial charge in [-0.2, -0.15) is 0 Å². The molecule has 0 saturated heterocycles. The third kappa shape index (κ3) is 2.40. The summed E-state index contributed by atoms with van der Waals surface area (Å²) in [4.78, 5) is 7.67. The van der Waals surface area contributed by atoms with E-state index in [2.05, 4.69) is 9.97 Å². The molecule has 0 aliphatic heterocycles. The lowest BCUT2D eigenvalue weighted by atomic mass is 10.1. The zero-order valence-corrected chi connectivity index (χ0v) is 9.65.